The first-order chi connectivity index (χ1) is 12.5. The Morgan fingerprint density at radius 3 is 2.65 bits per heavy atom. The summed E-state index contributed by atoms with van der Waals surface area (Å²) in [6.07, 6.45) is -4.21. The zero-order valence-corrected chi connectivity index (χ0v) is 13.8. The summed E-state index contributed by atoms with van der Waals surface area (Å²) in [5.74, 6) is 0.847. The summed E-state index contributed by atoms with van der Waals surface area (Å²) in [5.41, 5.74) is 0.137. The summed E-state index contributed by atoms with van der Waals surface area (Å²) < 4.78 is 48.8. The summed E-state index contributed by atoms with van der Waals surface area (Å²) in [6.45, 7) is 0. The van der Waals surface area contributed by atoms with Gasteiger partial charge in [0.25, 0.3) is 5.89 Å². The highest BCUT2D eigenvalue weighted by molar-refractivity contribution is 7.13. The van der Waals surface area contributed by atoms with E-state index in [1.807, 2.05) is 17.5 Å². The SMILES string of the molecule is FC(F)(F)c1cccc(-c2nc(Cc3cc(-c4cccs4)no3)no2)c1. The first-order valence-electron chi connectivity index (χ1n) is 7.49. The van der Waals surface area contributed by atoms with Crippen LogP contribution in [0.3, 0.4) is 0 Å². The van der Waals surface area contributed by atoms with Gasteiger partial charge in [0, 0.05) is 11.6 Å². The fourth-order valence-corrected chi connectivity index (χ4v) is 3.04. The molecule has 1 aromatic carbocycles. The van der Waals surface area contributed by atoms with Crippen molar-refractivity contribution in [1.82, 2.24) is 15.3 Å². The largest absolute Gasteiger partial charge is 0.416 e. The van der Waals surface area contributed by atoms with Crippen molar-refractivity contribution < 1.29 is 22.2 Å². The molecular weight excluding hydrogens is 367 g/mol. The van der Waals surface area contributed by atoms with E-state index in [-0.39, 0.29) is 17.9 Å². The van der Waals surface area contributed by atoms with Crippen LogP contribution >= 0.6 is 11.3 Å². The highest BCUT2D eigenvalue weighted by Crippen LogP contribution is 2.32. The van der Waals surface area contributed by atoms with E-state index in [2.05, 4.69) is 15.3 Å². The van der Waals surface area contributed by atoms with E-state index in [4.69, 9.17) is 9.05 Å². The van der Waals surface area contributed by atoms with Gasteiger partial charge in [-0.05, 0) is 29.6 Å². The van der Waals surface area contributed by atoms with E-state index >= 15 is 0 Å². The van der Waals surface area contributed by atoms with Gasteiger partial charge in [0.2, 0.25) is 0 Å². The third-order valence-corrected chi connectivity index (χ3v) is 4.46. The fourth-order valence-electron chi connectivity index (χ4n) is 2.36. The van der Waals surface area contributed by atoms with E-state index in [9.17, 15) is 13.2 Å². The van der Waals surface area contributed by atoms with Crippen LogP contribution in [-0.4, -0.2) is 15.3 Å². The van der Waals surface area contributed by atoms with Gasteiger partial charge in [-0.25, -0.2) is 0 Å². The predicted molar refractivity (Wildman–Crippen MR) is 87.4 cm³/mol. The molecule has 0 saturated carbocycles. The maximum atomic E-state index is 12.8. The van der Waals surface area contributed by atoms with Crippen molar-refractivity contribution in [2.24, 2.45) is 0 Å². The summed E-state index contributed by atoms with van der Waals surface area (Å²) in [4.78, 5) is 5.11. The lowest BCUT2D eigenvalue weighted by Gasteiger charge is -2.06. The van der Waals surface area contributed by atoms with Gasteiger partial charge in [0.05, 0.1) is 16.9 Å². The van der Waals surface area contributed by atoms with Crippen LogP contribution in [0.25, 0.3) is 22.0 Å². The Hall–Kier alpha value is -2.94. The molecule has 0 fully saturated rings. The van der Waals surface area contributed by atoms with Crippen LogP contribution in [0, 0.1) is 0 Å². The molecule has 26 heavy (non-hydrogen) atoms. The molecule has 3 heterocycles. The number of thiophene rings is 1. The molecule has 0 saturated heterocycles. The summed E-state index contributed by atoms with van der Waals surface area (Å²) in [5, 5.41) is 9.72. The normalized spacial score (nSPS) is 11.8. The first-order valence-corrected chi connectivity index (χ1v) is 8.37. The first kappa shape index (κ1) is 16.5. The van der Waals surface area contributed by atoms with Gasteiger partial charge < -0.3 is 9.05 Å². The van der Waals surface area contributed by atoms with Crippen LogP contribution < -0.4 is 0 Å². The minimum atomic E-state index is -4.43. The molecule has 132 valence electrons. The second-order valence-corrected chi connectivity index (χ2v) is 6.37. The Bertz CT molecular complexity index is 1020. The third kappa shape index (κ3) is 3.38. The lowest BCUT2D eigenvalue weighted by Crippen LogP contribution is -2.04. The molecule has 5 nitrogen and oxygen atoms in total. The Kier molecular flexibility index (Phi) is 4.08. The van der Waals surface area contributed by atoms with Crippen molar-refractivity contribution in [2.45, 2.75) is 12.6 Å². The number of alkyl halides is 3. The van der Waals surface area contributed by atoms with Crippen molar-refractivity contribution in [1.29, 1.82) is 0 Å². The predicted octanol–water partition coefficient (Wildman–Crippen LogP) is 5.06. The third-order valence-electron chi connectivity index (χ3n) is 3.57. The molecular formula is C17H10F3N3O2S. The Morgan fingerprint density at radius 1 is 1.00 bits per heavy atom. The topological polar surface area (TPSA) is 65.0 Å². The van der Waals surface area contributed by atoms with Gasteiger partial charge in [-0.1, -0.05) is 22.4 Å². The van der Waals surface area contributed by atoms with Crippen molar-refractivity contribution >= 4 is 11.3 Å². The standard InChI is InChI=1S/C17H10F3N3O2S/c18-17(19,20)11-4-1-3-10(7-11)16-21-15(23-25-16)9-12-8-13(22-24-12)14-5-2-6-26-14/h1-8H,9H2. The average Bonchev–Trinajstić information content (AvgIpc) is 3.36. The number of aromatic nitrogens is 3. The number of hydrogen-bond donors (Lipinski definition) is 0. The molecule has 0 aliphatic rings. The lowest BCUT2D eigenvalue weighted by atomic mass is 10.1. The van der Waals surface area contributed by atoms with Gasteiger partial charge in [-0.2, -0.15) is 18.2 Å². The van der Waals surface area contributed by atoms with Gasteiger partial charge in [0.1, 0.15) is 11.5 Å². The molecule has 4 rings (SSSR count). The molecule has 0 radical (unpaired) electrons. The maximum Gasteiger partial charge on any atom is 0.416 e. The monoisotopic (exact) mass is 377 g/mol. The lowest BCUT2D eigenvalue weighted by molar-refractivity contribution is -0.137. The summed E-state index contributed by atoms with van der Waals surface area (Å²) >= 11 is 1.54. The van der Waals surface area contributed by atoms with Crippen molar-refractivity contribution in [3.05, 3.63) is 65.0 Å². The minimum absolute atomic E-state index is 0.0177. The quantitative estimate of drug-likeness (QED) is 0.497. The molecule has 0 aliphatic carbocycles. The highest BCUT2D eigenvalue weighted by Gasteiger charge is 2.30. The molecule has 3 aromatic heterocycles. The number of nitrogens with zero attached hydrogens (tertiary/aromatic N) is 3. The van der Waals surface area contributed by atoms with Gasteiger partial charge in [0.15, 0.2) is 5.82 Å². The molecule has 0 aliphatic heterocycles. The summed E-state index contributed by atoms with van der Waals surface area (Å²) in [6, 6.07) is 10.3. The smallest absolute Gasteiger partial charge is 0.360 e. The molecule has 0 spiro atoms. The van der Waals surface area contributed by atoms with Crippen molar-refractivity contribution in [3.63, 3.8) is 0 Å². The Balaban J connectivity index is 1.54. The molecule has 0 bridgehead atoms. The van der Waals surface area contributed by atoms with Gasteiger partial charge in [-0.3, -0.25) is 0 Å². The second-order valence-electron chi connectivity index (χ2n) is 5.43. The molecule has 9 heteroatoms. The summed E-state index contributed by atoms with van der Waals surface area (Å²) in [7, 11) is 0. The van der Waals surface area contributed by atoms with E-state index in [0.717, 1.165) is 17.0 Å². The molecule has 0 unspecified atom stereocenters. The zero-order chi connectivity index (χ0) is 18.1. The number of halogens is 3. The van der Waals surface area contributed by atoms with E-state index in [0.29, 0.717) is 17.3 Å². The molecule has 0 N–H and O–H groups in total. The molecule has 0 amide bonds. The van der Waals surface area contributed by atoms with E-state index in [1.54, 1.807) is 6.07 Å². The second kappa shape index (κ2) is 6.41. The van der Waals surface area contributed by atoms with Crippen molar-refractivity contribution in [3.8, 4) is 22.0 Å². The Morgan fingerprint density at radius 2 is 1.88 bits per heavy atom. The van der Waals surface area contributed by atoms with Crippen molar-refractivity contribution in [2.75, 3.05) is 0 Å². The number of hydrogen-bond acceptors (Lipinski definition) is 6. The van der Waals surface area contributed by atoms with E-state index in [1.165, 1.54) is 23.5 Å². The van der Waals surface area contributed by atoms with Gasteiger partial charge >= 0.3 is 6.18 Å². The zero-order valence-electron chi connectivity index (χ0n) is 13.0. The number of benzene rings is 1. The van der Waals surface area contributed by atoms with Crippen LogP contribution in [-0.2, 0) is 12.6 Å². The van der Waals surface area contributed by atoms with Crippen LogP contribution in [0.5, 0.6) is 0 Å². The fraction of sp³-hybridized carbons (Fsp3) is 0.118. The molecule has 0 atom stereocenters. The number of rotatable bonds is 4. The van der Waals surface area contributed by atoms with Crippen LogP contribution in [0.1, 0.15) is 17.1 Å². The minimum Gasteiger partial charge on any atom is -0.360 e. The van der Waals surface area contributed by atoms with Crippen LogP contribution in [0.15, 0.2) is 56.9 Å². The maximum absolute atomic E-state index is 12.8. The van der Waals surface area contributed by atoms with Crippen LogP contribution in [0.2, 0.25) is 0 Å². The van der Waals surface area contributed by atoms with Crippen LogP contribution in [0.4, 0.5) is 13.2 Å². The Labute approximate surface area is 149 Å². The molecule has 4 aromatic rings. The average molecular weight is 377 g/mol. The highest BCUT2D eigenvalue weighted by atomic mass is 32.1. The van der Waals surface area contributed by atoms with E-state index < -0.39 is 11.7 Å². The van der Waals surface area contributed by atoms with Gasteiger partial charge in [-0.15, -0.1) is 11.3 Å².